The quantitative estimate of drug-likeness (QED) is 0.619. The number of nitrogens with zero attached hydrogens (tertiary/aromatic N) is 3. The number of piperidine rings is 1. The molecule has 0 aromatic heterocycles. The summed E-state index contributed by atoms with van der Waals surface area (Å²) in [7, 11) is 1.72. The fourth-order valence-corrected chi connectivity index (χ4v) is 4.17. The van der Waals surface area contributed by atoms with Crippen molar-refractivity contribution >= 4 is 11.9 Å². The highest BCUT2D eigenvalue weighted by Gasteiger charge is 2.57. The molecule has 2 aliphatic heterocycles. The van der Waals surface area contributed by atoms with E-state index in [-0.39, 0.29) is 17.9 Å². The van der Waals surface area contributed by atoms with E-state index < -0.39 is 5.54 Å². The van der Waals surface area contributed by atoms with Crippen LogP contribution in [0.2, 0.25) is 0 Å². The topological polar surface area (TPSA) is 53.1 Å². The van der Waals surface area contributed by atoms with Crippen molar-refractivity contribution in [3.8, 4) is 0 Å². The molecule has 1 atom stereocenters. The highest BCUT2D eigenvalue weighted by Crippen LogP contribution is 2.38. The minimum absolute atomic E-state index is 0.0269. The summed E-state index contributed by atoms with van der Waals surface area (Å²) in [4.78, 5) is 32.1. The van der Waals surface area contributed by atoms with E-state index in [2.05, 4.69) is 39.5 Å². The van der Waals surface area contributed by atoms with Crippen LogP contribution in [0, 0.1) is 11.8 Å². The minimum Gasteiger partial charge on any atom is -0.383 e. The number of imide groups is 1. The Balaban J connectivity index is 2.19. The summed E-state index contributed by atoms with van der Waals surface area (Å²) >= 11 is 0. The molecule has 26 heavy (non-hydrogen) atoms. The highest BCUT2D eigenvalue weighted by atomic mass is 16.5. The van der Waals surface area contributed by atoms with E-state index in [1.54, 1.807) is 7.11 Å². The van der Waals surface area contributed by atoms with Crippen molar-refractivity contribution in [3.05, 3.63) is 0 Å². The monoisotopic (exact) mass is 367 g/mol. The molecule has 6 heteroatoms. The van der Waals surface area contributed by atoms with Gasteiger partial charge in [0.1, 0.15) is 5.54 Å². The van der Waals surface area contributed by atoms with Gasteiger partial charge in [0.05, 0.1) is 6.61 Å². The first-order valence-corrected chi connectivity index (χ1v) is 10.1. The van der Waals surface area contributed by atoms with Crippen molar-refractivity contribution in [2.75, 3.05) is 39.9 Å². The zero-order valence-corrected chi connectivity index (χ0v) is 17.5. The lowest BCUT2D eigenvalue weighted by Gasteiger charge is -2.44. The lowest BCUT2D eigenvalue weighted by molar-refractivity contribution is -0.136. The largest absolute Gasteiger partial charge is 0.383 e. The average molecular weight is 368 g/mol. The molecule has 6 nitrogen and oxygen atoms in total. The van der Waals surface area contributed by atoms with Crippen molar-refractivity contribution in [1.29, 1.82) is 0 Å². The third-order valence-corrected chi connectivity index (χ3v) is 5.76. The maximum absolute atomic E-state index is 13.3. The van der Waals surface area contributed by atoms with Gasteiger partial charge in [-0.1, -0.05) is 27.7 Å². The first-order chi connectivity index (χ1) is 12.2. The Kier molecular flexibility index (Phi) is 7.08. The Hall–Kier alpha value is -1.14. The van der Waals surface area contributed by atoms with Crippen molar-refractivity contribution in [2.24, 2.45) is 11.8 Å². The van der Waals surface area contributed by atoms with Gasteiger partial charge in [0, 0.05) is 39.3 Å². The molecule has 0 unspecified atom stereocenters. The van der Waals surface area contributed by atoms with Crippen LogP contribution >= 0.6 is 0 Å². The van der Waals surface area contributed by atoms with Gasteiger partial charge in [-0.25, -0.2) is 4.79 Å². The van der Waals surface area contributed by atoms with Gasteiger partial charge in [-0.2, -0.15) is 0 Å². The van der Waals surface area contributed by atoms with Crippen LogP contribution in [0.25, 0.3) is 0 Å². The first-order valence-electron chi connectivity index (χ1n) is 10.1. The van der Waals surface area contributed by atoms with Crippen LogP contribution in [0.5, 0.6) is 0 Å². The fraction of sp³-hybridized carbons (Fsp3) is 0.900. The third-order valence-electron chi connectivity index (χ3n) is 5.76. The van der Waals surface area contributed by atoms with Gasteiger partial charge < -0.3 is 9.64 Å². The molecule has 2 rings (SSSR count). The maximum Gasteiger partial charge on any atom is 0.327 e. The van der Waals surface area contributed by atoms with E-state index >= 15 is 0 Å². The van der Waals surface area contributed by atoms with Crippen molar-refractivity contribution < 1.29 is 14.3 Å². The first kappa shape index (κ1) is 21.2. The van der Waals surface area contributed by atoms with Gasteiger partial charge in [0.25, 0.3) is 5.91 Å². The zero-order valence-electron chi connectivity index (χ0n) is 17.5. The summed E-state index contributed by atoms with van der Waals surface area (Å²) in [6, 6.07) is 0.253. The van der Waals surface area contributed by atoms with E-state index in [0.717, 1.165) is 32.4 Å². The zero-order chi connectivity index (χ0) is 19.5. The Morgan fingerprint density at radius 3 is 2.15 bits per heavy atom. The van der Waals surface area contributed by atoms with E-state index in [1.165, 1.54) is 4.90 Å². The molecular weight excluding hydrogens is 330 g/mol. The average Bonchev–Trinajstić information content (AvgIpc) is 2.75. The summed E-state index contributed by atoms with van der Waals surface area (Å²) < 4.78 is 5.28. The molecule has 1 spiro atoms. The summed E-state index contributed by atoms with van der Waals surface area (Å²) in [6.45, 7) is 14.1. The second-order valence-electron chi connectivity index (χ2n) is 8.80. The van der Waals surface area contributed by atoms with Crippen LogP contribution in [0.4, 0.5) is 4.79 Å². The van der Waals surface area contributed by atoms with Crippen LogP contribution in [-0.4, -0.2) is 78.1 Å². The number of amides is 3. The van der Waals surface area contributed by atoms with Crippen LogP contribution in [0.15, 0.2) is 0 Å². The van der Waals surface area contributed by atoms with Crippen LogP contribution in [-0.2, 0) is 9.53 Å². The van der Waals surface area contributed by atoms with Crippen LogP contribution < -0.4 is 0 Å². The van der Waals surface area contributed by atoms with E-state index in [4.69, 9.17) is 4.74 Å². The van der Waals surface area contributed by atoms with Crippen molar-refractivity contribution in [3.63, 3.8) is 0 Å². The fourth-order valence-electron chi connectivity index (χ4n) is 4.17. The van der Waals surface area contributed by atoms with E-state index in [1.807, 2.05) is 4.90 Å². The Labute approximate surface area is 158 Å². The van der Waals surface area contributed by atoms with Gasteiger partial charge in [-0.05, 0) is 38.0 Å². The predicted octanol–water partition coefficient (Wildman–Crippen LogP) is 2.82. The molecule has 0 aliphatic carbocycles. The minimum atomic E-state index is -0.635. The molecule has 0 radical (unpaired) electrons. The lowest BCUT2D eigenvalue weighted by atomic mass is 9.85. The number of carbonyl (C=O) groups is 2. The summed E-state index contributed by atoms with van der Waals surface area (Å²) in [5.74, 6) is 0.821. The Morgan fingerprint density at radius 1 is 1.04 bits per heavy atom. The third kappa shape index (κ3) is 4.22. The second-order valence-corrected chi connectivity index (χ2v) is 8.80. The smallest absolute Gasteiger partial charge is 0.327 e. The molecular formula is C20H37N3O3. The number of urea groups is 1. The van der Waals surface area contributed by atoms with Crippen LogP contribution in [0.3, 0.4) is 0 Å². The lowest BCUT2D eigenvalue weighted by Crippen LogP contribution is -2.58. The van der Waals surface area contributed by atoms with Gasteiger partial charge in [-0.3, -0.25) is 14.6 Å². The number of likely N-dealkylation sites (tertiary alicyclic amines) is 1. The molecule has 2 fully saturated rings. The van der Waals surface area contributed by atoms with Gasteiger partial charge in [-0.15, -0.1) is 0 Å². The number of methoxy groups -OCH3 is 1. The molecule has 150 valence electrons. The van der Waals surface area contributed by atoms with E-state index in [9.17, 15) is 9.59 Å². The molecule has 0 bridgehead atoms. The normalized spacial score (nSPS) is 22.3. The molecule has 3 amide bonds. The molecule has 0 aromatic rings. The standard InChI is InChI=1S/C20H37N3O3/c1-15(2)7-10-23-19(25)22(13-16(3)4)18(24)20(23)8-11-21(12-9-20)17(5)14-26-6/h15-17H,7-14H2,1-6H3/t17-/m1/s1. The van der Waals surface area contributed by atoms with Gasteiger partial charge in [0.15, 0.2) is 0 Å². The summed E-state index contributed by atoms with van der Waals surface area (Å²) in [5.41, 5.74) is -0.635. The molecule has 0 aromatic carbocycles. The number of ether oxygens (including phenoxy) is 1. The molecule has 2 heterocycles. The molecule has 0 N–H and O–H groups in total. The second kappa shape index (κ2) is 8.70. The Morgan fingerprint density at radius 2 is 1.65 bits per heavy atom. The predicted molar refractivity (Wildman–Crippen MR) is 103 cm³/mol. The van der Waals surface area contributed by atoms with Gasteiger partial charge >= 0.3 is 6.03 Å². The SMILES string of the molecule is COC[C@@H](C)N1CCC2(CC1)C(=O)N(CC(C)C)C(=O)N2CCC(C)C. The maximum atomic E-state index is 13.3. The van der Waals surface area contributed by atoms with Crippen LogP contribution in [0.1, 0.15) is 53.9 Å². The molecule has 2 aliphatic rings. The summed E-state index contributed by atoms with van der Waals surface area (Å²) in [5, 5.41) is 0. The van der Waals surface area contributed by atoms with Gasteiger partial charge in [0.2, 0.25) is 0 Å². The Bertz CT molecular complexity index is 499. The summed E-state index contributed by atoms with van der Waals surface area (Å²) in [6.07, 6.45) is 2.37. The molecule has 2 saturated heterocycles. The number of rotatable bonds is 8. The van der Waals surface area contributed by atoms with Crippen molar-refractivity contribution in [2.45, 2.75) is 65.5 Å². The number of hydrogen-bond donors (Lipinski definition) is 0. The number of carbonyl (C=O) groups excluding carboxylic acids is 2. The van der Waals surface area contributed by atoms with E-state index in [0.29, 0.717) is 31.7 Å². The highest BCUT2D eigenvalue weighted by molar-refractivity contribution is 6.07. The molecule has 0 saturated carbocycles. The van der Waals surface area contributed by atoms with Crippen molar-refractivity contribution in [1.82, 2.24) is 14.7 Å². The number of hydrogen-bond acceptors (Lipinski definition) is 4.